The first-order valence-electron chi connectivity index (χ1n) is 11.2. The number of aromatic nitrogens is 1. The number of rotatable bonds is 10. The Hall–Kier alpha value is -3.68. The van der Waals surface area contributed by atoms with Gasteiger partial charge in [-0.25, -0.2) is 4.98 Å². The number of ether oxygens (including phenoxy) is 1. The highest BCUT2D eigenvalue weighted by Gasteiger charge is 2.31. The molecule has 1 aromatic heterocycles. The first kappa shape index (κ1) is 22.5. The Morgan fingerprint density at radius 3 is 2.61 bits per heavy atom. The predicted octanol–water partition coefficient (Wildman–Crippen LogP) is 4.41. The summed E-state index contributed by atoms with van der Waals surface area (Å²) in [4.78, 5) is 32.1. The van der Waals surface area contributed by atoms with Crippen molar-refractivity contribution in [3.05, 3.63) is 82.0 Å². The third kappa shape index (κ3) is 5.97. The fraction of sp³-hybridized carbons (Fsp3) is 0.360. The van der Waals surface area contributed by atoms with Gasteiger partial charge in [0.1, 0.15) is 19.0 Å². The van der Waals surface area contributed by atoms with E-state index in [4.69, 9.17) is 4.74 Å². The van der Waals surface area contributed by atoms with E-state index >= 15 is 0 Å². The molecule has 1 fully saturated rings. The van der Waals surface area contributed by atoms with Gasteiger partial charge in [0, 0.05) is 11.9 Å². The Bertz CT molecular complexity index is 1100. The number of carbonyl (C=O) groups is 1. The topological polar surface area (TPSA) is 104 Å². The molecule has 0 bridgehead atoms. The van der Waals surface area contributed by atoms with Crippen LogP contribution in [0.25, 0.3) is 10.9 Å². The van der Waals surface area contributed by atoms with Crippen molar-refractivity contribution >= 4 is 16.8 Å². The van der Waals surface area contributed by atoms with Gasteiger partial charge in [-0.1, -0.05) is 49.2 Å². The molecule has 2 aromatic carbocycles. The minimum atomic E-state index is -0.854. The first-order chi connectivity index (χ1) is 16.1. The zero-order chi connectivity index (χ0) is 23.0. The Morgan fingerprint density at radius 2 is 1.85 bits per heavy atom. The van der Waals surface area contributed by atoms with Gasteiger partial charge in [-0.3, -0.25) is 4.79 Å². The number of nitrogens with zero attached hydrogens (tertiary/aromatic N) is 2. The fourth-order valence-electron chi connectivity index (χ4n) is 4.45. The van der Waals surface area contributed by atoms with Gasteiger partial charge >= 0.3 is 0 Å². The third-order valence-electron chi connectivity index (χ3n) is 6.03. The number of carbonyl (C=O) groups excluding carboxylic acids is 1. The Kier molecular flexibility index (Phi) is 7.34. The Morgan fingerprint density at radius 1 is 1.09 bits per heavy atom. The van der Waals surface area contributed by atoms with Crippen LogP contribution in [0.2, 0.25) is 0 Å². The van der Waals surface area contributed by atoms with Crippen LogP contribution in [0.1, 0.15) is 42.9 Å². The average molecular weight is 450 g/mol. The Balaban J connectivity index is 1.39. The highest BCUT2D eigenvalue weighted by molar-refractivity contribution is 5.84. The molecule has 0 aliphatic heterocycles. The first-order valence-corrected chi connectivity index (χ1v) is 11.2. The monoisotopic (exact) mass is 449 g/mol. The van der Waals surface area contributed by atoms with E-state index in [2.05, 4.69) is 15.1 Å². The average Bonchev–Trinajstić information content (AvgIpc) is 3.35. The lowest BCUT2D eigenvalue weighted by Crippen LogP contribution is -2.35. The highest BCUT2D eigenvalue weighted by atomic mass is 16.9. The van der Waals surface area contributed by atoms with Crippen LogP contribution in [-0.2, 0) is 16.2 Å². The molecule has 1 aliphatic carbocycles. The summed E-state index contributed by atoms with van der Waals surface area (Å²) in [6, 6.07) is 19.6. The second kappa shape index (κ2) is 10.8. The number of hydrogen-bond acceptors (Lipinski definition) is 6. The van der Waals surface area contributed by atoms with Crippen LogP contribution in [-0.4, -0.2) is 29.1 Å². The molecule has 8 nitrogen and oxygen atoms in total. The summed E-state index contributed by atoms with van der Waals surface area (Å²) in [5.41, 5.74) is 2.70. The molecule has 172 valence electrons. The molecule has 3 aromatic rings. The molecule has 1 amide bonds. The summed E-state index contributed by atoms with van der Waals surface area (Å²) in [5, 5.41) is 13.3. The molecule has 1 saturated carbocycles. The molecule has 1 N–H and O–H groups in total. The van der Waals surface area contributed by atoms with E-state index in [1.807, 2.05) is 60.7 Å². The van der Waals surface area contributed by atoms with Gasteiger partial charge in [0.05, 0.1) is 17.1 Å². The molecule has 0 saturated heterocycles. The predicted molar refractivity (Wildman–Crippen MR) is 123 cm³/mol. The lowest BCUT2D eigenvalue weighted by molar-refractivity contribution is -0.757. The largest absolute Gasteiger partial charge is 0.487 e. The Labute approximate surface area is 192 Å². The van der Waals surface area contributed by atoms with Crippen molar-refractivity contribution in [1.82, 2.24) is 10.3 Å². The van der Waals surface area contributed by atoms with E-state index < -0.39 is 5.09 Å². The van der Waals surface area contributed by atoms with Crippen molar-refractivity contribution in [3.63, 3.8) is 0 Å². The van der Waals surface area contributed by atoms with E-state index in [9.17, 15) is 14.9 Å². The summed E-state index contributed by atoms with van der Waals surface area (Å²) >= 11 is 0. The van der Waals surface area contributed by atoms with E-state index in [0.29, 0.717) is 12.4 Å². The fourth-order valence-corrected chi connectivity index (χ4v) is 4.45. The van der Waals surface area contributed by atoms with Gasteiger partial charge in [0.15, 0.2) is 0 Å². The van der Waals surface area contributed by atoms with E-state index in [1.165, 1.54) is 0 Å². The van der Waals surface area contributed by atoms with E-state index in [1.54, 1.807) is 0 Å². The number of pyridine rings is 1. The zero-order valence-corrected chi connectivity index (χ0v) is 18.3. The standard InChI is InChI=1S/C25H27N3O5/c29-25(26-15-16-33-28(30)31)24(19-6-1-2-7-19)20-10-13-22(14-11-20)32-17-21-12-9-18-5-3-4-8-23(18)27-21/h3-5,8-14,19,24H,1-2,6-7,15-17H2,(H,26,29)/t24-/m1/s1. The van der Waals surface area contributed by atoms with Crippen molar-refractivity contribution in [2.75, 3.05) is 13.2 Å². The van der Waals surface area contributed by atoms with Crippen molar-refractivity contribution < 1.29 is 19.5 Å². The lowest BCUT2D eigenvalue weighted by Gasteiger charge is -2.23. The normalized spacial score (nSPS) is 14.7. The van der Waals surface area contributed by atoms with Crippen LogP contribution in [0.3, 0.4) is 0 Å². The van der Waals surface area contributed by atoms with Crippen LogP contribution in [0.4, 0.5) is 0 Å². The number of fused-ring (bicyclic) bond motifs is 1. The molecular formula is C25H27N3O5. The second-order valence-corrected chi connectivity index (χ2v) is 8.22. The third-order valence-corrected chi connectivity index (χ3v) is 6.03. The highest BCUT2D eigenvalue weighted by Crippen LogP contribution is 2.38. The minimum absolute atomic E-state index is 0.100. The van der Waals surface area contributed by atoms with E-state index in [-0.39, 0.29) is 30.9 Å². The van der Waals surface area contributed by atoms with Gasteiger partial charge in [0.2, 0.25) is 5.91 Å². The number of para-hydroxylation sites is 1. The molecule has 0 unspecified atom stereocenters. The number of amides is 1. The van der Waals surface area contributed by atoms with Gasteiger partial charge in [-0.2, -0.15) is 0 Å². The molecule has 0 spiro atoms. The lowest BCUT2D eigenvalue weighted by atomic mass is 9.84. The number of benzene rings is 2. The van der Waals surface area contributed by atoms with Gasteiger partial charge < -0.3 is 14.9 Å². The minimum Gasteiger partial charge on any atom is -0.487 e. The van der Waals surface area contributed by atoms with Crippen LogP contribution >= 0.6 is 0 Å². The van der Waals surface area contributed by atoms with Gasteiger partial charge in [0.25, 0.3) is 5.09 Å². The molecule has 1 aliphatic rings. The SMILES string of the molecule is O=C(NCCO[N+](=O)[O-])[C@@H](c1ccc(OCc2ccc3ccccc3n2)cc1)C1CCCC1. The zero-order valence-electron chi connectivity index (χ0n) is 18.3. The van der Waals surface area contributed by atoms with Crippen LogP contribution in [0.5, 0.6) is 5.75 Å². The van der Waals surface area contributed by atoms with E-state index in [0.717, 1.165) is 47.8 Å². The van der Waals surface area contributed by atoms with Crippen LogP contribution in [0, 0.1) is 16.0 Å². The van der Waals surface area contributed by atoms with Gasteiger partial charge in [-0.05, 0) is 48.6 Å². The van der Waals surface area contributed by atoms with Crippen molar-refractivity contribution in [2.24, 2.45) is 5.92 Å². The van der Waals surface area contributed by atoms with Crippen molar-refractivity contribution in [3.8, 4) is 5.75 Å². The summed E-state index contributed by atoms with van der Waals surface area (Å²) < 4.78 is 5.92. The smallest absolute Gasteiger partial charge is 0.294 e. The quantitative estimate of drug-likeness (QED) is 0.279. The molecule has 0 radical (unpaired) electrons. The van der Waals surface area contributed by atoms with Crippen LogP contribution < -0.4 is 10.1 Å². The van der Waals surface area contributed by atoms with Crippen LogP contribution in [0.15, 0.2) is 60.7 Å². The van der Waals surface area contributed by atoms with Gasteiger partial charge in [-0.15, -0.1) is 10.1 Å². The van der Waals surface area contributed by atoms with Crippen molar-refractivity contribution in [2.45, 2.75) is 38.2 Å². The maximum absolute atomic E-state index is 12.9. The summed E-state index contributed by atoms with van der Waals surface area (Å²) in [6.45, 7) is 0.294. The molecule has 4 rings (SSSR count). The van der Waals surface area contributed by atoms with Crippen molar-refractivity contribution in [1.29, 1.82) is 0 Å². The summed E-state index contributed by atoms with van der Waals surface area (Å²) in [7, 11) is 0. The molecule has 8 heteroatoms. The molecule has 1 atom stereocenters. The number of hydrogen-bond donors (Lipinski definition) is 1. The summed E-state index contributed by atoms with van der Waals surface area (Å²) in [5.74, 6) is 0.552. The maximum atomic E-state index is 12.9. The maximum Gasteiger partial charge on any atom is 0.294 e. The summed E-state index contributed by atoms with van der Waals surface area (Å²) in [6.07, 6.45) is 4.21. The number of nitrogens with one attached hydrogen (secondary N) is 1. The molecule has 1 heterocycles. The second-order valence-electron chi connectivity index (χ2n) is 8.22. The molecular weight excluding hydrogens is 422 g/mol. The molecule has 33 heavy (non-hydrogen) atoms.